The molecule has 11 amide bonds. The number of aromatic nitrogens is 3. The van der Waals surface area contributed by atoms with E-state index >= 15 is 0 Å². The van der Waals surface area contributed by atoms with Crippen LogP contribution in [0.4, 0.5) is 0 Å². The fraction of sp³-hybridized carbons (Fsp3) is 0.581. The van der Waals surface area contributed by atoms with Crippen molar-refractivity contribution in [2.45, 2.75) is 177 Å². The average Bonchev–Trinajstić information content (AvgIpc) is 1.11. The van der Waals surface area contributed by atoms with Crippen LogP contribution in [0.5, 0.6) is 5.75 Å². The maximum Gasteiger partial charge on any atom is 0.326 e. The van der Waals surface area contributed by atoms with Gasteiger partial charge in [0.05, 0.1) is 73.7 Å². The summed E-state index contributed by atoms with van der Waals surface area (Å²) in [6.07, 6.45) is -10.2. The number of aryl methyl sites for hydroxylation is 1. The van der Waals surface area contributed by atoms with Crippen molar-refractivity contribution in [3.8, 4) is 5.75 Å². The number of rotatable bonds is 41. The second kappa shape index (κ2) is 39.4. The zero-order chi connectivity index (χ0) is 77.4. The van der Waals surface area contributed by atoms with Crippen molar-refractivity contribution in [1.29, 1.82) is 0 Å². The van der Waals surface area contributed by atoms with E-state index in [1.165, 1.54) is 24.1 Å². The normalized spacial score (nSPS) is 15.8. The Hall–Kier alpha value is -9.78. The van der Waals surface area contributed by atoms with Crippen molar-refractivity contribution in [2.75, 3.05) is 40.5 Å². The van der Waals surface area contributed by atoms with E-state index in [0.717, 1.165) is 59.7 Å². The lowest BCUT2D eigenvalue weighted by atomic mass is 9.95. The first-order valence-corrected chi connectivity index (χ1v) is 31.7. The topological polar surface area (TPSA) is 620 Å². The molecule has 2 aromatic heterocycles. The molecule has 2 heterocycles. The van der Waals surface area contributed by atoms with Crippen LogP contribution in [-0.2, 0) is 82.3 Å². The molecule has 0 radical (unpaired) electrons. The van der Waals surface area contributed by atoms with Gasteiger partial charge in [-0.2, -0.15) is 4.73 Å². The number of carboxylic acids is 1. The SMILES string of the molecule is CO[C@@H](CNC(=O)[C@H](NC(=O)[C@H](O)[C@H](C)O)[C@H](O)c1cncn1C)[C@H](O)[C@H](O)C(=O)N(C)[C@@H](Cc1ccccc1)C(=O)NCC(=O)N[C@H](C(=O)N[C@@H](CO)C(=O)N[C@H](C(=O)N[C@@H](CC(C)C)C(=O)N[C@@H](CO)C(=O)N[C@@H](CCC(=O)NCc1cc(=O)c(O)cn1O)C(=O)O)C(C)(C)O)C(C)(C)O. The van der Waals surface area contributed by atoms with Gasteiger partial charge in [0.25, 0.3) is 11.8 Å². The molecule has 22 N–H and O–H groups in total. The molecular formula is C62H94N14O26. The molecule has 3 rings (SSSR count). The predicted molar refractivity (Wildman–Crippen MR) is 349 cm³/mol. The highest BCUT2D eigenvalue weighted by molar-refractivity contribution is 5.98. The van der Waals surface area contributed by atoms with Crippen molar-refractivity contribution >= 4 is 70.9 Å². The van der Waals surface area contributed by atoms with Crippen molar-refractivity contribution in [3.63, 3.8) is 0 Å². The highest BCUT2D eigenvalue weighted by Crippen LogP contribution is 2.20. The maximum absolute atomic E-state index is 14.1. The lowest BCUT2D eigenvalue weighted by Gasteiger charge is -2.33. The Balaban J connectivity index is 1.74. The van der Waals surface area contributed by atoms with Crippen molar-refractivity contribution < 1.29 is 124 Å². The summed E-state index contributed by atoms with van der Waals surface area (Å²) in [5, 5.41) is 148. The minimum Gasteiger partial charge on any atom is -0.503 e. The molecule has 0 spiro atoms. The summed E-state index contributed by atoms with van der Waals surface area (Å²) in [5.41, 5.74) is -5.02. The molecule has 40 heteroatoms. The summed E-state index contributed by atoms with van der Waals surface area (Å²) >= 11 is 0. The molecule has 568 valence electrons. The van der Waals surface area contributed by atoms with Crippen LogP contribution >= 0.6 is 0 Å². The molecule has 0 aliphatic carbocycles. The standard InChI is InChI=1S/C62H94N14O26/c1-29(2)18-34(51(88)69-35(26-77)52(89)67-33(60(97)98)16-17-42(82)64-21-32-20-39(80)40(81)25-76(32)101)68-58(95)50(62(6,7)100)73-53(90)36(27-78)70-57(94)49(61(4,5)99)71-43(83)24-66-54(91)37(19-31-14-12-11-13-15-31)75(9)59(96)48(87)47(86)41(102-10)23-65-55(92)44(72-56(93)45(84)30(3)79)46(85)38-22-63-28-74(38)8/h11-15,20,22,25,28-30,33-37,41,44-50,77-79,81,84-87,99-101H,16-19,21,23-24,26-27H2,1-10H3,(H,64,82)(H,65,92)(H,66,91)(H,67,89)(H,68,95)(H,69,88)(H,70,94)(H,71,83)(H,72,93)(H,73,90)(H,97,98)/t30-,33-,34-,35-,36-,37-,41-,44+,45+,46+,47-,48-,49+,50+/m0/s1. The van der Waals surface area contributed by atoms with Crippen LogP contribution in [0.15, 0.2) is 59.9 Å². The van der Waals surface area contributed by atoms with Crippen LogP contribution in [0.2, 0.25) is 0 Å². The van der Waals surface area contributed by atoms with Gasteiger partial charge in [-0.1, -0.05) is 44.2 Å². The molecular weight excluding hydrogens is 1360 g/mol. The second-order valence-corrected chi connectivity index (χ2v) is 25.4. The number of carbonyl (C=O) groups is 12. The highest BCUT2D eigenvalue weighted by atomic mass is 16.5. The van der Waals surface area contributed by atoms with Gasteiger partial charge < -0.3 is 129 Å². The summed E-state index contributed by atoms with van der Waals surface area (Å²) < 4.78 is 6.96. The summed E-state index contributed by atoms with van der Waals surface area (Å²) in [6.45, 7) is 3.98. The smallest absolute Gasteiger partial charge is 0.326 e. The molecule has 40 nitrogen and oxygen atoms in total. The van der Waals surface area contributed by atoms with Gasteiger partial charge >= 0.3 is 5.97 Å². The predicted octanol–water partition coefficient (Wildman–Crippen LogP) is -9.51. The van der Waals surface area contributed by atoms with Crippen LogP contribution in [0.3, 0.4) is 0 Å². The number of aliphatic hydroxyl groups excluding tert-OH is 7. The zero-order valence-corrected chi connectivity index (χ0v) is 57.6. The number of imidazole rings is 1. The minimum atomic E-state index is -2.41. The molecule has 3 aromatic rings. The number of carbonyl (C=O) groups excluding carboxylic acids is 11. The number of aliphatic carboxylic acids is 1. The third kappa shape index (κ3) is 26.0. The largest absolute Gasteiger partial charge is 0.503 e. The highest BCUT2D eigenvalue weighted by Gasteiger charge is 2.43. The molecule has 0 bridgehead atoms. The summed E-state index contributed by atoms with van der Waals surface area (Å²) in [7, 11) is 3.56. The van der Waals surface area contributed by atoms with Gasteiger partial charge in [-0.25, -0.2) is 9.78 Å². The van der Waals surface area contributed by atoms with E-state index in [0.29, 0.717) is 16.5 Å². The average molecular weight is 1450 g/mol. The Morgan fingerprint density at radius 1 is 0.667 bits per heavy atom. The van der Waals surface area contributed by atoms with E-state index in [4.69, 9.17) is 4.74 Å². The molecule has 0 aliphatic heterocycles. The number of hydrogen-bond donors (Lipinski definition) is 22. The van der Waals surface area contributed by atoms with Gasteiger partial charge in [-0.05, 0) is 58.9 Å². The van der Waals surface area contributed by atoms with E-state index in [1.54, 1.807) is 44.2 Å². The van der Waals surface area contributed by atoms with Crippen molar-refractivity contribution in [1.82, 2.24) is 72.3 Å². The number of aromatic hydroxyl groups is 1. The Kier molecular flexibility index (Phi) is 33.4. The van der Waals surface area contributed by atoms with Crippen molar-refractivity contribution in [2.24, 2.45) is 13.0 Å². The number of amides is 11. The fourth-order valence-corrected chi connectivity index (χ4v) is 9.69. The van der Waals surface area contributed by atoms with Crippen LogP contribution in [0.25, 0.3) is 0 Å². The molecule has 1 aromatic carbocycles. The molecule has 0 unspecified atom stereocenters. The van der Waals surface area contributed by atoms with Crippen LogP contribution in [0.1, 0.15) is 90.8 Å². The summed E-state index contributed by atoms with van der Waals surface area (Å²) in [4.78, 5) is 178. The number of nitrogens with one attached hydrogen (secondary N) is 10. The van der Waals surface area contributed by atoms with E-state index in [1.807, 2.05) is 0 Å². The first-order valence-electron chi connectivity index (χ1n) is 31.7. The Morgan fingerprint density at radius 2 is 1.21 bits per heavy atom. The van der Waals surface area contributed by atoms with E-state index in [9.17, 15) is 124 Å². The number of pyridine rings is 1. The number of aliphatic hydroxyl groups is 9. The monoisotopic (exact) mass is 1450 g/mol. The third-order valence-corrected chi connectivity index (χ3v) is 15.7. The van der Waals surface area contributed by atoms with E-state index < -0.39 is 230 Å². The van der Waals surface area contributed by atoms with Crippen LogP contribution < -0.4 is 58.6 Å². The van der Waals surface area contributed by atoms with Gasteiger partial charge in [-0.15, -0.1) is 0 Å². The van der Waals surface area contributed by atoms with Gasteiger partial charge in [0.1, 0.15) is 66.6 Å². The molecule has 0 aliphatic rings. The number of carboxylic acid groups (broad SMARTS) is 1. The fourth-order valence-electron chi connectivity index (χ4n) is 9.69. The number of ether oxygens (including phenoxy) is 1. The lowest BCUT2D eigenvalue weighted by Crippen LogP contribution is -2.65. The Labute approximate surface area is 583 Å². The number of nitrogens with zero attached hydrogens (tertiary/aromatic N) is 4. The van der Waals surface area contributed by atoms with Gasteiger partial charge in [0, 0.05) is 46.7 Å². The maximum atomic E-state index is 14.1. The number of benzene rings is 1. The van der Waals surface area contributed by atoms with E-state index in [-0.39, 0.29) is 24.2 Å². The molecule has 14 atom stereocenters. The van der Waals surface area contributed by atoms with E-state index in [2.05, 4.69) is 58.2 Å². The van der Waals surface area contributed by atoms with Gasteiger partial charge in [-0.3, -0.25) is 57.5 Å². The number of methoxy groups -OCH3 is 1. The minimum absolute atomic E-state index is 0.0143. The molecule has 0 saturated heterocycles. The van der Waals surface area contributed by atoms with Crippen LogP contribution in [-0.4, -0.2) is 282 Å². The Morgan fingerprint density at radius 3 is 1.73 bits per heavy atom. The second-order valence-electron chi connectivity index (χ2n) is 25.4. The number of hydrogen-bond acceptors (Lipinski definition) is 26. The quantitative estimate of drug-likeness (QED) is 0.0235. The lowest BCUT2D eigenvalue weighted by molar-refractivity contribution is -0.156. The zero-order valence-electron chi connectivity index (χ0n) is 57.6. The summed E-state index contributed by atoms with van der Waals surface area (Å²) in [6, 6.07) is -6.09. The van der Waals surface area contributed by atoms with Crippen molar-refractivity contribution in [3.05, 3.63) is 82.3 Å². The Bertz CT molecular complexity index is 3450. The first kappa shape index (κ1) is 86.4. The summed E-state index contributed by atoms with van der Waals surface area (Å²) in [5.74, 6) is -16.0. The first-order chi connectivity index (χ1) is 47.5. The van der Waals surface area contributed by atoms with Gasteiger partial charge in [0.15, 0.2) is 18.0 Å². The van der Waals surface area contributed by atoms with Crippen LogP contribution in [0, 0.1) is 5.92 Å². The third-order valence-electron chi connectivity index (χ3n) is 15.7. The molecule has 102 heavy (non-hydrogen) atoms. The number of likely N-dealkylation sites (N-methyl/N-ethyl adjacent to an activating group) is 1. The molecule has 0 fully saturated rings. The molecule has 0 saturated carbocycles. The van der Waals surface area contributed by atoms with Gasteiger partial charge in [0.2, 0.25) is 58.6 Å².